The van der Waals surface area contributed by atoms with Gasteiger partial charge in [-0.1, -0.05) is 0 Å². The van der Waals surface area contributed by atoms with Crippen molar-refractivity contribution in [3.8, 4) is 0 Å². The summed E-state index contributed by atoms with van der Waals surface area (Å²) < 4.78 is 4.94. The Bertz CT molecular complexity index is 525. The van der Waals surface area contributed by atoms with E-state index in [2.05, 4.69) is 10.6 Å². The van der Waals surface area contributed by atoms with E-state index in [1.54, 1.807) is 19.2 Å². The number of nitrogens with one attached hydrogen (secondary N) is 2. The monoisotopic (exact) mass is 333 g/mol. The van der Waals surface area contributed by atoms with Gasteiger partial charge in [-0.3, -0.25) is 9.59 Å². The Labute approximate surface area is 143 Å². The van der Waals surface area contributed by atoms with E-state index in [1.807, 2.05) is 17.0 Å². The molecule has 1 fully saturated rings. The van der Waals surface area contributed by atoms with Crippen LogP contribution in [0.4, 0.5) is 5.69 Å². The largest absolute Gasteiger partial charge is 0.385 e. The van der Waals surface area contributed by atoms with E-state index < -0.39 is 0 Å². The van der Waals surface area contributed by atoms with Crippen molar-refractivity contribution in [1.82, 2.24) is 10.2 Å². The van der Waals surface area contributed by atoms with E-state index in [0.29, 0.717) is 25.3 Å². The lowest BCUT2D eigenvalue weighted by atomic mass is 10.1. The van der Waals surface area contributed by atoms with Crippen LogP contribution in [0, 0.1) is 0 Å². The molecule has 0 bridgehead atoms. The van der Waals surface area contributed by atoms with Crippen LogP contribution in [0.3, 0.4) is 0 Å². The second kappa shape index (κ2) is 9.93. The third-order valence-corrected chi connectivity index (χ3v) is 4.11. The number of methoxy groups -OCH3 is 1. The number of hydrogen-bond acceptors (Lipinski definition) is 4. The van der Waals surface area contributed by atoms with Gasteiger partial charge in [0, 0.05) is 44.6 Å². The molecule has 0 unspecified atom stereocenters. The SMILES string of the molecule is COCCCNC(=O)c1ccc(NCC(=O)N2CCCCC2)cc1. The molecule has 2 N–H and O–H groups in total. The number of ether oxygens (including phenoxy) is 1. The van der Waals surface area contributed by atoms with Crippen LogP contribution in [0.1, 0.15) is 36.0 Å². The third kappa shape index (κ3) is 5.85. The third-order valence-electron chi connectivity index (χ3n) is 4.11. The molecular weight excluding hydrogens is 306 g/mol. The maximum atomic E-state index is 12.1. The van der Waals surface area contributed by atoms with E-state index in [1.165, 1.54) is 6.42 Å². The van der Waals surface area contributed by atoms with Gasteiger partial charge in [-0.05, 0) is 49.9 Å². The van der Waals surface area contributed by atoms with Gasteiger partial charge in [0.15, 0.2) is 0 Å². The number of benzene rings is 1. The first kappa shape index (κ1) is 18.3. The van der Waals surface area contributed by atoms with Crippen molar-refractivity contribution in [3.05, 3.63) is 29.8 Å². The lowest BCUT2D eigenvalue weighted by molar-refractivity contribution is -0.130. The molecule has 1 heterocycles. The highest BCUT2D eigenvalue weighted by atomic mass is 16.5. The van der Waals surface area contributed by atoms with Gasteiger partial charge >= 0.3 is 0 Å². The van der Waals surface area contributed by atoms with Crippen LogP contribution < -0.4 is 10.6 Å². The van der Waals surface area contributed by atoms with Crippen molar-refractivity contribution in [2.75, 3.05) is 45.2 Å². The topological polar surface area (TPSA) is 70.7 Å². The van der Waals surface area contributed by atoms with Gasteiger partial charge in [0.2, 0.25) is 5.91 Å². The minimum absolute atomic E-state index is 0.0953. The number of hydrogen-bond donors (Lipinski definition) is 2. The second-order valence-corrected chi connectivity index (χ2v) is 5.97. The van der Waals surface area contributed by atoms with Gasteiger partial charge < -0.3 is 20.3 Å². The molecule has 2 rings (SSSR count). The second-order valence-electron chi connectivity index (χ2n) is 5.97. The van der Waals surface area contributed by atoms with Crippen LogP contribution >= 0.6 is 0 Å². The molecule has 1 aromatic rings. The van der Waals surface area contributed by atoms with Crippen LogP contribution in [-0.2, 0) is 9.53 Å². The van der Waals surface area contributed by atoms with E-state index in [4.69, 9.17) is 4.74 Å². The van der Waals surface area contributed by atoms with E-state index >= 15 is 0 Å². The van der Waals surface area contributed by atoms with E-state index in [-0.39, 0.29) is 11.8 Å². The first-order valence-electron chi connectivity index (χ1n) is 8.59. The smallest absolute Gasteiger partial charge is 0.251 e. The van der Waals surface area contributed by atoms with Crippen molar-refractivity contribution >= 4 is 17.5 Å². The molecule has 0 aliphatic carbocycles. The fraction of sp³-hybridized carbons (Fsp3) is 0.556. The number of rotatable bonds is 8. The van der Waals surface area contributed by atoms with Crippen LogP contribution in [0.15, 0.2) is 24.3 Å². The number of likely N-dealkylation sites (tertiary alicyclic amines) is 1. The number of carbonyl (C=O) groups excluding carboxylic acids is 2. The molecule has 2 amide bonds. The first-order chi connectivity index (χ1) is 11.7. The molecule has 0 aromatic heterocycles. The molecule has 6 heteroatoms. The summed E-state index contributed by atoms with van der Waals surface area (Å²) in [6, 6.07) is 7.18. The van der Waals surface area contributed by atoms with Crippen molar-refractivity contribution in [2.45, 2.75) is 25.7 Å². The lowest BCUT2D eigenvalue weighted by Gasteiger charge is -2.26. The summed E-state index contributed by atoms with van der Waals surface area (Å²) in [7, 11) is 1.64. The van der Waals surface area contributed by atoms with Crippen molar-refractivity contribution < 1.29 is 14.3 Å². The molecule has 0 spiro atoms. The number of piperidine rings is 1. The van der Waals surface area contributed by atoms with Gasteiger partial charge in [0.1, 0.15) is 0 Å². The zero-order valence-corrected chi connectivity index (χ0v) is 14.3. The summed E-state index contributed by atoms with van der Waals surface area (Å²) in [6.07, 6.45) is 4.20. The van der Waals surface area contributed by atoms with Crippen LogP contribution in [-0.4, -0.2) is 56.6 Å². The highest BCUT2D eigenvalue weighted by Crippen LogP contribution is 2.11. The summed E-state index contributed by atoms with van der Waals surface area (Å²) in [4.78, 5) is 26.0. The molecule has 0 atom stereocenters. The van der Waals surface area contributed by atoms with Gasteiger partial charge in [-0.25, -0.2) is 0 Å². The molecule has 1 aliphatic rings. The normalized spacial score (nSPS) is 14.3. The number of carbonyl (C=O) groups is 2. The Morgan fingerprint density at radius 1 is 1.12 bits per heavy atom. The van der Waals surface area contributed by atoms with E-state index in [0.717, 1.165) is 38.0 Å². The summed E-state index contributed by atoms with van der Waals surface area (Å²) in [5, 5.41) is 5.97. The minimum atomic E-state index is -0.0953. The Kier molecular flexibility index (Phi) is 7.55. The van der Waals surface area contributed by atoms with Crippen LogP contribution in [0.2, 0.25) is 0 Å². The first-order valence-corrected chi connectivity index (χ1v) is 8.59. The van der Waals surface area contributed by atoms with Gasteiger partial charge in [0.25, 0.3) is 5.91 Å². The summed E-state index contributed by atoms with van der Waals surface area (Å²) in [5.74, 6) is 0.0386. The Hall–Kier alpha value is -2.08. The van der Waals surface area contributed by atoms with Crippen molar-refractivity contribution in [1.29, 1.82) is 0 Å². The molecule has 0 radical (unpaired) electrons. The zero-order valence-electron chi connectivity index (χ0n) is 14.3. The van der Waals surface area contributed by atoms with Crippen LogP contribution in [0.5, 0.6) is 0 Å². The number of nitrogens with zero attached hydrogens (tertiary/aromatic N) is 1. The average Bonchev–Trinajstić information content (AvgIpc) is 2.64. The number of amides is 2. The molecule has 132 valence electrons. The molecule has 1 aliphatic heterocycles. The number of anilines is 1. The predicted molar refractivity (Wildman–Crippen MR) is 94.2 cm³/mol. The minimum Gasteiger partial charge on any atom is -0.385 e. The van der Waals surface area contributed by atoms with Gasteiger partial charge in [-0.15, -0.1) is 0 Å². The molecule has 24 heavy (non-hydrogen) atoms. The Morgan fingerprint density at radius 2 is 1.83 bits per heavy atom. The zero-order chi connectivity index (χ0) is 17.2. The highest BCUT2D eigenvalue weighted by Gasteiger charge is 2.15. The average molecular weight is 333 g/mol. The van der Waals surface area contributed by atoms with Gasteiger partial charge in [-0.2, -0.15) is 0 Å². The Morgan fingerprint density at radius 3 is 2.50 bits per heavy atom. The molecule has 1 aromatic carbocycles. The van der Waals surface area contributed by atoms with Crippen molar-refractivity contribution in [3.63, 3.8) is 0 Å². The maximum absolute atomic E-state index is 12.1. The molecular formula is C18H27N3O3. The molecule has 0 saturated carbocycles. The fourth-order valence-electron chi connectivity index (χ4n) is 2.69. The van der Waals surface area contributed by atoms with Crippen molar-refractivity contribution in [2.24, 2.45) is 0 Å². The maximum Gasteiger partial charge on any atom is 0.251 e. The van der Waals surface area contributed by atoms with Gasteiger partial charge in [0.05, 0.1) is 6.54 Å². The highest BCUT2D eigenvalue weighted by molar-refractivity contribution is 5.94. The lowest BCUT2D eigenvalue weighted by Crippen LogP contribution is -2.39. The molecule has 6 nitrogen and oxygen atoms in total. The predicted octanol–water partition coefficient (Wildman–Crippen LogP) is 1.88. The summed E-state index contributed by atoms with van der Waals surface area (Å²) in [6.45, 7) is 3.25. The van der Waals surface area contributed by atoms with Crippen LogP contribution in [0.25, 0.3) is 0 Å². The standard InChI is InChI=1S/C18H27N3O3/c1-24-13-5-10-19-18(23)15-6-8-16(9-7-15)20-14-17(22)21-11-3-2-4-12-21/h6-9,20H,2-5,10-14H2,1H3,(H,19,23). The summed E-state index contributed by atoms with van der Waals surface area (Å²) >= 11 is 0. The van der Waals surface area contributed by atoms with E-state index in [9.17, 15) is 9.59 Å². The summed E-state index contributed by atoms with van der Waals surface area (Å²) in [5.41, 5.74) is 1.46. The quantitative estimate of drug-likeness (QED) is 0.713. The molecule has 1 saturated heterocycles. The Balaban J connectivity index is 1.74. The fourth-order valence-corrected chi connectivity index (χ4v) is 2.69.